The standard InChI is InChI=1S/C19H28N4O2S/c1-7-19(4,5)20-17(24)13(3)26-18-22-21-16(23(18)8-2)14-11-9-10-12-15(14)25-6/h9-13H,7-8H2,1-6H3,(H,20,24). The summed E-state index contributed by atoms with van der Waals surface area (Å²) >= 11 is 1.42. The minimum atomic E-state index is -0.263. The van der Waals surface area contributed by atoms with E-state index in [-0.39, 0.29) is 16.7 Å². The Morgan fingerprint density at radius 3 is 2.62 bits per heavy atom. The van der Waals surface area contributed by atoms with E-state index in [0.717, 1.165) is 28.7 Å². The Balaban J connectivity index is 2.24. The molecule has 7 heteroatoms. The molecule has 0 saturated carbocycles. The topological polar surface area (TPSA) is 69.0 Å². The number of rotatable bonds is 8. The van der Waals surface area contributed by atoms with Crippen LogP contribution in [0.15, 0.2) is 29.4 Å². The molecule has 0 bridgehead atoms. The molecule has 0 aliphatic carbocycles. The zero-order valence-electron chi connectivity index (χ0n) is 16.4. The van der Waals surface area contributed by atoms with Gasteiger partial charge in [0.2, 0.25) is 5.91 Å². The van der Waals surface area contributed by atoms with Gasteiger partial charge in [-0.3, -0.25) is 4.79 Å². The molecule has 1 N–H and O–H groups in total. The molecule has 1 amide bonds. The minimum absolute atomic E-state index is 0.00587. The highest BCUT2D eigenvalue weighted by Crippen LogP contribution is 2.32. The smallest absolute Gasteiger partial charge is 0.233 e. The predicted octanol–water partition coefficient (Wildman–Crippen LogP) is 3.76. The van der Waals surface area contributed by atoms with Crippen molar-refractivity contribution in [2.75, 3.05) is 7.11 Å². The van der Waals surface area contributed by atoms with E-state index < -0.39 is 0 Å². The van der Waals surface area contributed by atoms with Gasteiger partial charge in [-0.25, -0.2) is 0 Å². The largest absolute Gasteiger partial charge is 0.496 e. The van der Waals surface area contributed by atoms with Crippen molar-refractivity contribution >= 4 is 17.7 Å². The first-order chi connectivity index (χ1) is 12.3. The third-order valence-electron chi connectivity index (χ3n) is 4.38. The second kappa shape index (κ2) is 8.58. The van der Waals surface area contributed by atoms with E-state index in [4.69, 9.17) is 4.74 Å². The van der Waals surface area contributed by atoms with Crippen molar-refractivity contribution in [2.24, 2.45) is 0 Å². The van der Waals surface area contributed by atoms with Crippen molar-refractivity contribution in [3.8, 4) is 17.1 Å². The maximum atomic E-state index is 12.5. The Morgan fingerprint density at radius 1 is 1.31 bits per heavy atom. The highest BCUT2D eigenvalue weighted by Gasteiger charge is 2.25. The van der Waals surface area contributed by atoms with Crippen LogP contribution in [0.25, 0.3) is 11.4 Å². The van der Waals surface area contributed by atoms with Crippen LogP contribution in [0.5, 0.6) is 5.75 Å². The normalized spacial score (nSPS) is 12.7. The SMILES string of the molecule is CCn1c(SC(C)C(=O)NC(C)(C)CC)nnc1-c1ccccc1OC. The van der Waals surface area contributed by atoms with Crippen LogP contribution in [0, 0.1) is 0 Å². The monoisotopic (exact) mass is 376 g/mol. The van der Waals surface area contributed by atoms with Crippen LogP contribution in [-0.2, 0) is 11.3 Å². The fourth-order valence-electron chi connectivity index (χ4n) is 2.42. The molecule has 142 valence electrons. The lowest BCUT2D eigenvalue weighted by molar-refractivity contribution is -0.121. The number of amides is 1. The van der Waals surface area contributed by atoms with Crippen LogP contribution in [0.3, 0.4) is 0 Å². The number of methoxy groups -OCH3 is 1. The van der Waals surface area contributed by atoms with E-state index >= 15 is 0 Å². The zero-order chi connectivity index (χ0) is 19.3. The Labute approximate surface area is 159 Å². The van der Waals surface area contributed by atoms with E-state index in [1.54, 1.807) is 7.11 Å². The number of thioether (sulfide) groups is 1. The van der Waals surface area contributed by atoms with Crippen molar-refractivity contribution < 1.29 is 9.53 Å². The van der Waals surface area contributed by atoms with Gasteiger partial charge < -0.3 is 14.6 Å². The Morgan fingerprint density at radius 2 is 2.00 bits per heavy atom. The molecular weight excluding hydrogens is 348 g/mol. The average Bonchev–Trinajstić information content (AvgIpc) is 3.03. The third kappa shape index (κ3) is 4.58. The predicted molar refractivity (Wildman–Crippen MR) is 106 cm³/mol. The number of para-hydroxylation sites is 1. The average molecular weight is 377 g/mol. The maximum Gasteiger partial charge on any atom is 0.233 e. The summed E-state index contributed by atoms with van der Waals surface area (Å²) in [6.45, 7) is 10.7. The van der Waals surface area contributed by atoms with Gasteiger partial charge in [-0.1, -0.05) is 30.8 Å². The van der Waals surface area contributed by atoms with Crippen molar-refractivity contribution in [1.29, 1.82) is 0 Å². The summed E-state index contributed by atoms with van der Waals surface area (Å²) in [7, 11) is 1.64. The number of aromatic nitrogens is 3. The van der Waals surface area contributed by atoms with Crippen LogP contribution >= 0.6 is 11.8 Å². The summed E-state index contributed by atoms with van der Waals surface area (Å²) in [5.74, 6) is 1.50. The number of carbonyl (C=O) groups excluding carboxylic acids is 1. The van der Waals surface area contributed by atoms with Gasteiger partial charge in [0.1, 0.15) is 5.75 Å². The van der Waals surface area contributed by atoms with Crippen molar-refractivity contribution in [1.82, 2.24) is 20.1 Å². The summed E-state index contributed by atoms with van der Waals surface area (Å²) < 4.78 is 7.45. The fourth-order valence-corrected chi connectivity index (χ4v) is 3.34. The molecule has 0 radical (unpaired) electrons. The van der Waals surface area contributed by atoms with Gasteiger partial charge in [0.05, 0.1) is 17.9 Å². The molecule has 1 atom stereocenters. The van der Waals surface area contributed by atoms with Crippen LogP contribution in [-0.4, -0.2) is 38.6 Å². The molecule has 0 aliphatic rings. The van der Waals surface area contributed by atoms with Gasteiger partial charge in [0.15, 0.2) is 11.0 Å². The molecule has 1 unspecified atom stereocenters. The molecule has 1 aromatic carbocycles. The van der Waals surface area contributed by atoms with Crippen LogP contribution < -0.4 is 10.1 Å². The number of nitrogens with one attached hydrogen (secondary N) is 1. The summed E-state index contributed by atoms with van der Waals surface area (Å²) in [6, 6.07) is 7.73. The van der Waals surface area contributed by atoms with Gasteiger partial charge >= 0.3 is 0 Å². The van der Waals surface area contributed by atoms with Gasteiger partial charge in [0, 0.05) is 12.1 Å². The molecule has 0 aliphatic heterocycles. The van der Waals surface area contributed by atoms with Crippen LogP contribution in [0.4, 0.5) is 0 Å². The first kappa shape index (κ1) is 20.3. The highest BCUT2D eigenvalue weighted by atomic mass is 32.2. The molecule has 6 nitrogen and oxygen atoms in total. The first-order valence-electron chi connectivity index (χ1n) is 8.88. The van der Waals surface area contributed by atoms with Crippen molar-refractivity contribution in [3.05, 3.63) is 24.3 Å². The lowest BCUT2D eigenvalue weighted by Crippen LogP contribution is -2.46. The third-order valence-corrected chi connectivity index (χ3v) is 5.46. The Bertz CT molecular complexity index is 758. The number of hydrogen-bond acceptors (Lipinski definition) is 5. The van der Waals surface area contributed by atoms with E-state index in [0.29, 0.717) is 6.54 Å². The van der Waals surface area contributed by atoms with Gasteiger partial charge in [0.25, 0.3) is 0 Å². The quantitative estimate of drug-likeness (QED) is 0.711. The molecule has 1 aromatic heterocycles. The van der Waals surface area contributed by atoms with Crippen molar-refractivity contribution in [3.63, 3.8) is 0 Å². The number of ether oxygens (including phenoxy) is 1. The molecule has 0 fully saturated rings. The minimum Gasteiger partial charge on any atom is -0.496 e. The molecule has 0 spiro atoms. The second-order valence-electron chi connectivity index (χ2n) is 6.74. The lowest BCUT2D eigenvalue weighted by Gasteiger charge is -2.26. The molecular formula is C19H28N4O2S. The van der Waals surface area contributed by atoms with Gasteiger partial charge in [-0.2, -0.15) is 0 Å². The van der Waals surface area contributed by atoms with Crippen LogP contribution in [0.2, 0.25) is 0 Å². The molecule has 26 heavy (non-hydrogen) atoms. The van der Waals surface area contributed by atoms with Gasteiger partial charge in [-0.05, 0) is 46.2 Å². The van der Waals surface area contributed by atoms with E-state index in [2.05, 4.69) is 22.4 Å². The summed E-state index contributed by atoms with van der Waals surface area (Å²) in [6.07, 6.45) is 0.874. The Kier molecular flexibility index (Phi) is 6.69. The fraction of sp³-hybridized carbons (Fsp3) is 0.526. The summed E-state index contributed by atoms with van der Waals surface area (Å²) in [5.41, 5.74) is 0.674. The second-order valence-corrected chi connectivity index (χ2v) is 8.05. The first-order valence-corrected chi connectivity index (χ1v) is 9.76. The number of hydrogen-bond donors (Lipinski definition) is 1. The summed E-state index contributed by atoms with van der Waals surface area (Å²) in [5, 5.41) is 12.2. The number of benzene rings is 1. The number of nitrogens with zero attached hydrogens (tertiary/aromatic N) is 3. The van der Waals surface area contributed by atoms with Crippen molar-refractivity contribution in [2.45, 2.75) is 63.5 Å². The van der Waals surface area contributed by atoms with E-state index in [9.17, 15) is 4.79 Å². The summed E-state index contributed by atoms with van der Waals surface area (Å²) in [4.78, 5) is 12.5. The molecule has 1 heterocycles. The van der Waals surface area contributed by atoms with Gasteiger partial charge in [-0.15, -0.1) is 10.2 Å². The van der Waals surface area contributed by atoms with E-state index in [1.807, 2.05) is 56.5 Å². The van der Waals surface area contributed by atoms with Crippen LogP contribution in [0.1, 0.15) is 41.0 Å². The highest BCUT2D eigenvalue weighted by molar-refractivity contribution is 8.00. The number of carbonyl (C=O) groups is 1. The molecule has 2 rings (SSSR count). The van der Waals surface area contributed by atoms with E-state index in [1.165, 1.54) is 11.8 Å². The molecule has 2 aromatic rings. The Hall–Kier alpha value is -2.02. The zero-order valence-corrected chi connectivity index (χ0v) is 17.2. The maximum absolute atomic E-state index is 12.5. The lowest BCUT2D eigenvalue weighted by atomic mass is 10.0. The molecule has 0 saturated heterocycles.